The molecule has 0 amide bonds. The van der Waals surface area contributed by atoms with Gasteiger partial charge in [0.05, 0.1) is 4.88 Å². The van der Waals surface area contributed by atoms with Crippen molar-refractivity contribution in [3.8, 4) is 5.75 Å². The van der Waals surface area contributed by atoms with Crippen LogP contribution in [-0.4, -0.2) is 35.4 Å². The minimum atomic E-state index is -2.96. The zero-order valence-corrected chi connectivity index (χ0v) is 22.7. The number of hydrogen-bond acceptors (Lipinski definition) is 4. The lowest BCUT2D eigenvalue weighted by Crippen LogP contribution is -2.21. The number of nitrogens with zero attached hydrogens (tertiary/aromatic N) is 1. The number of phenolic OH excluding ortho intramolecular Hbond substituents is 1. The summed E-state index contributed by atoms with van der Waals surface area (Å²) in [4.78, 5) is 16.7. The van der Waals surface area contributed by atoms with E-state index < -0.39 is 5.92 Å². The van der Waals surface area contributed by atoms with Gasteiger partial charge in [-0.2, -0.15) is 0 Å². The van der Waals surface area contributed by atoms with E-state index in [1.165, 1.54) is 60.7 Å². The molecule has 1 fully saturated rings. The van der Waals surface area contributed by atoms with E-state index >= 15 is 0 Å². The smallest absolute Gasteiger partial charge is 0.270 e. The third kappa shape index (κ3) is 5.97. The van der Waals surface area contributed by atoms with Crippen LogP contribution in [0.3, 0.4) is 0 Å². The van der Waals surface area contributed by atoms with E-state index in [-0.39, 0.29) is 17.1 Å². The quantitative estimate of drug-likeness (QED) is 0.223. The monoisotopic (exact) mass is 533 g/mol. The van der Waals surface area contributed by atoms with Gasteiger partial charge in [-0.25, -0.2) is 8.78 Å². The Kier molecular flexibility index (Phi) is 7.64. The largest absolute Gasteiger partial charge is 0.508 e. The minimum absolute atomic E-state index is 0.120. The van der Waals surface area contributed by atoms with Gasteiger partial charge in [0, 0.05) is 29.3 Å². The molecule has 0 radical (unpaired) electrons. The number of carbonyl (C=O) groups excluding carboxylic acids is 1. The Hall–Kier alpha value is -3.09. The lowest BCUT2D eigenvalue weighted by Gasteiger charge is -2.14. The Morgan fingerprint density at radius 3 is 2.42 bits per heavy atom. The number of ketones is 1. The number of aromatic hydroxyl groups is 1. The van der Waals surface area contributed by atoms with Gasteiger partial charge in [0.15, 0.2) is 0 Å². The van der Waals surface area contributed by atoms with Gasteiger partial charge in [0.2, 0.25) is 5.78 Å². The summed E-state index contributed by atoms with van der Waals surface area (Å²) in [5, 5.41) is 10.9. The summed E-state index contributed by atoms with van der Waals surface area (Å²) in [6.07, 6.45) is 4.06. The lowest BCUT2D eigenvalue weighted by molar-refractivity contribution is 0.0174. The lowest BCUT2D eigenvalue weighted by atomic mass is 9.96. The maximum absolute atomic E-state index is 13.7. The molecule has 0 aliphatic carbocycles. The molecule has 38 heavy (non-hydrogen) atoms. The van der Waals surface area contributed by atoms with E-state index in [9.17, 15) is 18.7 Å². The van der Waals surface area contributed by atoms with Crippen molar-refractivity contribution in [1.29, 1.82) is 0 Å². The fourth-order valence-corrected chi connectivity index (χ4v) is 6.52. The molecule has 1 unspecified atom stereocenters. The Labute approximate surface area is 226 Å². The predicted octanol–water partition coefficient (Wildman–Crippen LogP) is 7.81. The molecule has 0 spiro atoms. The molecule has 2 heterocycles. The van der Waals surface area contributed by atoms with Crippen LogP contribution in [0.4, 0.5) is 8.78 Å². The molecule has 1 atom stereocenters. The second-order valence-electron chi connectivity index (χ2n) is 10.7. The van der Waals surface area contributed by atoms with E-state index in [4.69, 9.17) is 0 Å². The number of likely N-dealkylation sites (tertiary alicyclic amines) is 1. The topological polar surface area (TPSA) is 40.5 Å². The first kappa shape index (κ1) is 26.5. The number of hydrogen-bond donors (Lipinski definition) is 1. The summed E-state index contributed by atoms with van der Waals surface area (Å²) in [7, 11) is 0. The molecular formula is C32H33F2NO2S. The summed E-state index contributed by atoms with van der Waals surface area (Å²) in [5.41, 5.74) is 3.56. The number of halogens is 2. The summed E-state index contributed by atoms with van der Waals surface area (Å²) >= 11 is 1.33. The fourth-order valence-electron chi connectivity index (χ4n) is 5.31. The van der Waals surface area contributed by atoms with E-state index in [1.54, 1.807) is 12.1 Å². The number of benzene rings is 3. The maximum Gasteiger partial charge on any atom is 0.270 e. The highest BCUT2D eigenvalue weighted by Gasteiger charge is 2.25. The van der Waals surface area contributed by atoms with E-state index in [0.717, 1.165) is 53.4 Å². The second kappa shape index (κ2) is 11.0. The zero-order valence-electron chi connectivity index (χ0n) is 21.8. The van der Waals surface area contributed by atoms with E-state index in [1.807, 2.05) is 6.07 Å². The summed E-state index contributed by atoms with van der Waals surface area (Å²) in [5.74, 6) is -2.20. The Bertz CT molecular complexity index is 1420. The molecule has 0 saturated carbocycles. The number of alkyl halides is 2. The van der Waals surface area contributed by atoms with Crippen molar-refractivity contribution in [2.45, 2.75) is 45.5 Å². The van der Waals surface area contributed by atoms with Crippen LogP contribution in [0.5, 0.6) is 5.75 Å². The Morgan fingerprint density at radius 1 is 1.05 bits per heavy atom. The second-order valence-corrected chi connectivity index (χ2v) is 11.7. The van der Waals surface area contributed by atoms with Gasteiger partial charge in [0.25, 0.3) is 5.92 Å². The van der Waals surface area contributed by atoms with Gasteiger partial charge in [-0.3, -0.25) is 4.79 Å². The molecule has 198 valence electrons. The molecular weight excluding hydrogens is 500 g/mol. The zero-order chi connectivity index (χ0) is 26.9. The third-order valence-electron chi connectivity index (χ3n) is 7.49. The average Bonchev–Trinajstić information content (AvgIpc) is 3.46. The predicted molar refractivity (Wildman–Crippen MR) is 151 cm³/mol. The molecule has 1 N–H and O–H groups in total. The van der Waals surface area contributed by atoms with Crippen molar-refractivity contribution < 1.29 is 18.7 Å². The maximum atomic E-state index is 13.7. The molecule has 5 rings (SSSR count). The van der Waals surface area contributed by atoms with Crippen LogP contribution in [0.25, 0.3) is 10.1 Å². The highest BCUT2D eigenvalue weighted by Crippen LogP contribution is 2.37. The first-order valence-electron chi connectivity index (χ1n) is 13.2. The summed E-state index contributed by atoms with van der Waals surface area (Å²) in [6, 6.07) is 19.3. The van der Waals surface area contributed by atoms with Crippen LogP contribution < -0.4 is 0 Å². The van der Waals surface area contributed by atoms with Crippen molar-refractivity contribution in [2.24, 2.45) is 5.92 Å². The minimum Gasteiger partial charge on any atom is -0.508 e. The van der Waals surface area contributed by atoms with Gasteiger partial charge in [-0.1, -0.05) is 55.5 Å². The molecule has 1 aromatic heterocycles. The van der Waals surface area contributed by atoms with Gasteiger partial charge in [0.1, 0.15) is 5.75 Å². The van der Waals surface area contributed by atoms with Crippen molar-refractivity contribution in [2.75, 3.05) is 19.6 Å². The molecule has 1 aliphatic rings. The third-order valence-corrected chi connectivity index (χ3v) is 8.68. The standard InChI is InChI=1S/C32H33F2NO2S/c1-21-15-17-35(20-21)16-3-4-22-5-7-23(8-6-22)18-28-27-14-13-26(36)19-29(27)38-31(28)30(37)24-9-11-25(12-10-24)32(2,33)34/h5-14,19,21,36H,3-4,15-18,20H2,1-2H3. The number of carbonyl (C=O) groups is 1. The van der Waals surface area contributed by atoms with Crippen molar-refractivity contribution in [1.82, 2.24) is 4.90 Å². The summed E-state index contributed by atoms with van der Waals surface area (Å²) < 4.78 is 28.2. The molecule has 6 heteroatoms. The van der Waals surface area contributed by atoms with Crippen LogP contribution in [0.15, 0.2) is 66.7 Å². The van der Waals surface area contributed by atoms with Crippen LogP contribution >= 0.6 is 11.3 Å². The van der Waals surface area contributed by atoms with Crippen molar-refractivity contribution in [3.63, 3.8) is 0 Å². The van der Waals surface area contributed by atoms with Crippen molar-refractivity contribution >= 4 is 27.2 Å². The first-order valence-corrected chi connectivity index (χ1v) is 14.1. The number of fused-ring (bicyclic) bond motifs is 1. The fraction of sp³-hybridized carbons (Fsp3) is 0.344. The van der Waals surface area contributed by atoms with Crippen LogP contribution in [0, 0.1) is 5.92 Å². The highest BCUT2D eigenvalue weighted by atomic mass is 32.1. The van der Waals surface area contributed by atoms with Gasteiger partial charge in [-0.15, -0.1) is 11.3 Å². The SMILES string of the molecule is CC1CCN(CCCc2ccc(Cc3c(C(=O)c4ccc(C(C)(F)F)cc4)sc4cc(O)ccc34)cc2)C1. The van der Waals surface area contributed by atoms with Crippen LogP contribution in [0.1, 0.15) is 64.2 Å². The molecule has 1 saturated heterocycles. The van der Waals surface area contributed by atoms with Crippen LogP contribution in [-0.2, 0) is 18.8 Å². The van der Waals surface area contributed by atoms with Gasteiger partial charge >= 0.3 is 0 Å². The molecule has 1 aliphatic heterocycles. The van der Waals surface area contributed by atoms with Gasteiger partial charge < -0.3 is 10.0 Å². The van der Waals surface area contributed by atoms with Crippen LogP contribution in [0.2, 0.25) is 0 Å². The first-order chi connectivity index (χ1) is 18.2. The number of phenols is 1. The van der Waals surface area contributed by atoms with E-state index in [2.05, 4.69) is 36.1 Å². The number of rotatable bonds is 9. The number of thiophene rings is 1. The molecule has 3 nitrogen and oxygen atoms in total. The Balaban J connectivity index is 1.35. The van der Waals surface area contributed by atoms with Crippen molar-refractivity contribution in [3.05, 3.63) is 99.4 Å². The Morgan fingerprint density at radius 2 is 1.76 bits per heavy atom. The molecule has 4 aromatic rings. The normalized spacial score (nSPS) is 16.4. The number of aryl methyl sites for hydroxylation is 1. The van der Waals surface area contributed by atoms with E-state index in [0.29, 0.717) is 16.9 Å². The van der Waals surface area contributed by atoms with Gasteiger partial charge in [-0.05, 0) is 85.0 Å². The summed E-state index contributed by atoms with van der Waals surface area (Å²) in [6.45, 7) is 6.73. The molecule has 0 bridgehead atoms. The average molecular weight is 534 g/mol. The molecule has 3 aromatic carbocycles. The highest BCUT2D eigenvalue weighted by molar-refractivity contribution is 7.21.